The van der Waals surface area contributed by atoms with Crippen LogP contribution in [0.15, 0.2) is 9.95 Å². The zero-order valence-electron chi connectivity index (χ0n) is 18.6. The lowest BCUT2D eigenvalue weighted by molar-refractivity contribution is -0.192. The Bertz CT molecular complexity index is 1160. The second kappa shape index (κ2) is 10.8. The minimum absolute atomic E-state index is 0.133. The van der Waals surface area contributed by atoms with Crippen molar-refractivity contribution in [3.63, 3.8) is 0 Å². The van der Waals surface area contributed by atoms with Crippen molar-refractivity contribution in [2.45, 2.75) is 43.9 Å². The number of imidazole rings is 1. The van der Waals surface area contributed by atoms with Gasteiger partial charge in [0.25, 0.3) is 5.56 Å². The maximum Gasteiger partial charge on any atom is 0.490 e. The van der Waals surface area contributed by atoms with Crippen LogP contribution in [0.2, 0.25) is 0 Å². The number of carboxylic acids is 1. The lowest BCUT2D eigenvalue weighted by Crippen LogP contribution is -2.44. The van der Waals surface area contributed by atoms with E-state index in [9.17, 15) is 22.2 Å². The standard InChI is InChI=1S/C17H24N6O2S.C2HF3O2/c1-5-6-9-23-13-14(19-16(23)22-10-7-18-8-11-22)20-17(21(4)15(13)24)26(25)12(2)3;3-2(4,5)1(6)7/h12,18H,7-11H2,1-4H3;(H,6,7). The Morgan fingerprint density at radius 2 is 1.85 bits per heavy atom. The Morgan fingerprint density at radius 1 is 1.27 bits per heavy atom. The molecule has 0 aliphatic carbocycles. The number of fused-ring (bicyclic) bond motifs is 1. The summed E-state index contributed by atoms with van der Waals surface area (Å²) in [5.74, 6) is 3.83. The molecule has 0 amide bonds. The number of aromatic nitrogens is 4. The number of carbonyl (C=O) groups is 1. The third-order valence-electron chi connectivity index (χ3n) is 4.59. The third-order valence-corrected chi connectivity index (χ3v) is 6.17. The number of hydrogen-bond acceptors (Lipinski definition) is 7. The number of alkyl halides is 3. The van der Waals surface area contributed by atoms with Gasteiger partial charge in [-0.15, -0.1) is 5.92 Å². The Labute approximate surface area is 190 Å². The number of aliphatic carboxylic acids is 1. The minimum Gasteiger partial charge on any atom is -0.475 e. The number of rotatable bonds is 4. The third kappa shape index (κ3) is 6.11. The van der Waals surface area contributed by atoms with E-state index in [4.69, 9.17) is 9.90 Å². The number of hydrogen-bond donors (Lipinski definition) is 2. The van der Waals surface area contributed by atoms with Crippen molar-refractivity contribution in [3.8, 4) is 11.8 Å². The molecule has 182 valence electrons. The first-order valence-corrected chi connectivity index (χ1v) is 11.1. The van der Waals surface area contributed by atoms with Crippen LogP contribution in [0.5, 0.6) is 0 Å². The fourth-order valence-corrected chi connectivity index (χ4v) is 3.88. The summed E-state index contributed by atoms with van der Waals surface area (Å²) in [6.45, 7) is 9.14. The van der Waals surface area contributed by atoms with Crippen LogP contribution < -0.4 is 15.8 Å². The summed E-state index contributed by atoms with van der Waals surface area (Å²) in [5.41, 5.74) is 0.502. The fourth-order valence-electron chi connectivity index (χ4n) is 2.93. The molecule has 1 atom stereocenters. The van der Waals surface area contributed by atoms with Crippen molar-refractivity contribution < 1.29 is 27.3 Å². The average molecular weight is 491 g/mol. The molecule has 2 N–H and O–H groups in total. The molecular formula is C19H25F3N6O4S. The molecule has 0 bridgehead atoms. The zero-order valence-corrected chi connectivity index (χ0v) is 19.4. The van der Waals surface area contributed by atoms with Gasteiger partial charge in [0.05, 0.1) is 17.3 Å². The van der Waals surface area contributed by atoms with Crippen molar-refractivity contribution >= 4 is 33.9 Å². The van der Waals surface area contributed by atoms with E-state index in [1.165, 1.54) is 4.57 Å². The second-order valence-electron chi connectivity index (χ2n) is 7.24. The van der Waals surface area contributed by atoms with Crippen LogP contribution in [0.3, 0.4) is 0 Å². The number of nitrogens with one attached hydrogen (secondary N) is 1. The molecule has 1 aliphatic heterocycles. The summed E-state index contributed by atoms with van der Waals surface area (Å²) in [4.78, 5) is 33.1. The summed E-state index contributed by atoms with van der Waals surface area (Å²) >= 11 is 0. The lowest BCUT2D eigenvalue weighted by atomic mass is 10.4. The molecular weight excluding hydrogens is 465 g/mol. The molecule has 0 spiro atoms. The quantitative estimate of drug-likeness (QED) is 0.475. The van der Waals surface area contributed by atoms with Gasteiger partial charge < -0.3 is 15.3 Å². The normalized spacial score (nSPS) is 15.0. The van der Waals surface area contributed by atoms with Gasteiger partial charge in [-0.2, -0.15) is 23.1 Å². The van der Waals surface area contributed by atoms with E-state index in [-0.39, 0.29) is 16.0 Å². The first-order valence-electron chi connectivity index (χ1n) is 9.93. The molecule has 10 nitrogen and oxygen atoms in total. The van der Waals surface area contributed by atoms with Gasteiger partial charge in [-0.1, -0.05) is 19.8 Å². The molecule has 2 aromatic rings. The van der Waals surface area contributed by atoms with Crippen molar-refractivity contribution in [1.29, 1.82) is 0 Å². The predicted molar refractivity (Wildman–Crippen MR) is 117 cm³/mol. The summed E-state index contributed by atoms with van der Waals surface area (Å²) in [6, 6.07) is 0. The molecule has 0 aromatic carbocycles. The Balaban J connectivity index is 0.000000479. The summed E-state index contributed by atoms with van der Waals surface area (Å²) < 4.78 is 47.5. The van der Waals surface area contributed by atoms with Gasteiger partial charge in [0.15, 0.2) is 11.2 Å². The van der Waals surface area contributed by atoms with Crippen LogP contribution in [0.4, 0.5) is 19.1 Å². The van der Waals surface area contributed by atoms with Gasteiger partial charge >= 0.3 is 12.1 Å². The van der Waals surface area contributed by atoms with Crippen molar-refractivity contribution in [3.05, 3.63) is 10.4 Å². The van der Waals surface area contributed by atoms with E-state index in [0.29, 0.717) is 23.7 Å². The Kier molecular flexibility index (Phi) is 8.62. The van der Waals surface area contributed by atoms with Crippen LogP contribution in [-0.4, -0.2) is 72.0 Å². The average Bonchev–Trinajstić information content (AvgIpc) is 3.13. The molecule has 2 aromatic heterocycles. The van der Waals surface area contributed by atoms with Crippen LogP contribution in [0.1, 0.15) is 20.8 Å². The topological polar surface area (TPSA) is 122 Å². The van der Waals surface area contributed by atoms with Crippen molar-refractivity contribution in [2.75, 3.05) is 31.1 Å². The predicted octanol–water partition coefficient (Wildman–Crippen LogP) is 0.712. The first kappa shape index (κ1) is 26.3. The van der Waals surface area contributed by atoms with Crippen molar-refractivity contribution in [2.24, 2.45) is 7.05 Å². The monoisotopic (exact) mass is 490 g/mol. The fraction of sp³-hybridized carbons (Fsp3) is 0.579. The summed E-state index contributed by atoms with van der Waals surface area (Å²) in [6.07, 6.45) is -5.08. The largest absolute Gasteiger partial charge is 0.490 e. The molecule has 3 rings (SSSR count). The van der Waals surface area contributed by atoms with Gasteiger partial charge in [0.2, 0.25) is 11.1 Å². The van der Waals surface area contributed by atoms with E-state index in [1.807, 2.05) is 18.4 Å². The minimum atomic E-state index is -5.08. The van der Waals surface area contributed by atoms with Crippen LogP contribution in [-0.2, 0) is 29.2 Å². The lowest BCUT2D eigenvalue weighted by Gasteiger charge is -2.28. The molecule has 1 unspecified atom stereocenters. The highest BCUT2D eigenvalue weighted by atomic mass is 32.2. The SMILES string of the molecule is CC#CCn1c(N2CCNCC2)nc2nc(S(=O)C(C)C)n(C)c(=O)c21.O=C(O)C(F)(F)F. The van der Waals surface area contributed by atoms with Gasteiger partial charge in [0.1, 0.15) is 0 Å². The molecule has 0 radical (unpaired) electrons. The van der Waals surface area contributed by atoms with Crippen LogP contribution in [0, 0.1) is 11.8 Å². The maximum absolute atomic E-state index is 13.0. The maximum atomic E-state index is 13.0. The van der Waals surface area contributed by atoms with Crippen LogP contribution in [0.25, 0.3) is 11.2 Å². The van der Waals surface area contributed by atoms with E-state index >= 15 is 0 Å². The molecule has 33 heavy (non-hydrogen) atoms. The Morgan fingerprint density at radius 3 is 2.33 bits per heavy atom. The Hall–Kier alpha value is -2.92. The summed E-state index contributed by atoms with van der Waals surface area (Å²) in [7, 11) is 0.239. The smallest absolute Gasteiger partial charge is 0.475 e. The van der Waals surface area contributed by atoms with E-state index in [1.54, 1.807) is 14.0 Å². The highest BCUT2D eigenvalue weighted by Crippen LogP contribution is 2.21. The number of anilines is 1. The highest BCUT2D eigenvalue weighted by molar-refractivity contribution is 7.85. The van der Waals surface area contributed by atoms with Crippen molar-refractivity contribution in [1.82, 2.24) is 24.4 Å². The van der Waals surface area contributed by atoms with E-state index < -0.39 is 22.9 Å². The van der Waals surface area contributed by atoms with Gasteiger partial charge in [0, 0.05) is 38.5 Å². The van der Waals surface area contributed by atoms with E-state index in [2.05, 4.69) is 32.0 Å². The molecule has 3 heterocycles. The second-order valence-corrected chi connectivity index (χ2v) is 9.14. The molecule has 1 saturated heterocycles. The van der Waals surface area contributed by atoms with E-state index in [0.717, 1.165) is 26.2 Å². The van der Waals surface area contributed by atoms with Gasteiger partial charge in [-0.05, 0) is 6.92 Å². The molecule has 1 aliphatic rings. The highest BCUT2D eigenvalue weighted by Gasteiger charge is 2.38. The number of piperazine rings is 1. The number of carboxylic acid groups (broad SMARTS) is 1. The molecule has 1 fully saturated rings. The zero-order chi connectivity index (χ0) is 24.9. The first-order chi connectivity index (χ1) is 15.4. The van der Waals surface area contributed by atoms with Crippen LogP contribution >= 0.6 is 0 Å². The van der Waals surface area contributed by atoms with Gasteiger partial charge in [-0.25, -0.2) is 4.79 Å². The molecule has 14 heteroatoms. The van der Waals surface area contributed by atoms with Gasteiger partial charge in [-0.3, -0.25) is 18.1 Å². The number of halogens is 3. The summed E-state index contributed by atoms with van der Waals surface area (Å²) in [5, 5.41) is 10.6. The molecule has 0 saturated carbocycles. The number of nitrogens with zero attached hydrogens (tertiary/aromatic N) is 5.